The van der Waals surface area contributed by atoms with Crippen molar-refractivity contribution in [1.82, 2.24) is 5.32 Å². The number of halogens is 2. The Kier molecular flexibility index (Phi) is 3.51. The van der Waals surface area contributed by atoms with E-state index >= 15 is 0 Å². The number of hydrogen-bond acceptors (Lipinski definition) is 1. The normalized spacial score (nSPS) is 11.8. The predicted molar refractivity (Wildman–Crippen MR) is 58.3 cm³/mol. The molecule has 1 nitrogen and oxygen atoms in total. The van der Waals surface area contributed by atoms with Crippen LogP contribution in [0.25, 0.3) is 0 Å². The van der Waals surface area contributed by atoms with Crippen LogP contribution in [0.4, 0.5) is 4.39 Å². The Labute approximate surface area is 89.3 Å². The van der Waals surface area contributed by atoms with Crippen LogP contribution < -0.4 is 5.32 Å². The van der Waals surface area contributed by atoms with E-state index in [0.717, 1.165) is 5.56 Å². The summed E-state index contributed by atoms with van der Waals surface area (Å²) in [6.45, 7) is 4.10. The predicted octanol–water partition coefficient (Wildman–Crippen LogP) is 3.02. The molecule has 0 bridgehead atoms. The van der Waals surface area contributed by atoms with Crippen molar-refractivity contribution < 1.29 is 4.39 Å². The summed E-state index contributed by atoms with van der Waals surface area (Å²) in [7, 11) is 1.88. The van der Waals surface area contributed by atoms with Gasteiger partial charge in [0, 0.05) is 5.54 Å². The Balaban J connectivity index is 2.92. The number of nitrogens with one attached hydrogen (secondary N) is 1. The number of hydrogen-bond donors (Lipinski definition) is 1. The van der Waals surface area contributed by atoms with Gasteiger partial charge in [-0.1, -0.05) is 23.7 Å². The zero-order chi connectivity index (χ0) is 10.8. The van der Waals surface area contributed by atoms with Crippen molar-refractivity contribution in [3.63, 3.8) is 0 Å². The van der Waals surface area contributed by atoms with Gasteiger partial charge in [-0.05, 0) is 38.9 Å². The molecule has 0 aromatic heterocycles. The molecule has 0 saturated carbocycles. The quantitative estimate of drug-likeness (QED) is 0.818. The first-order valence-electron chi connectivity index (χ1n) is 4.58. The van der Waals surface area contributed by atoms with Gasteiger partial charge in [0.25, 0.3) is 0 Å². The van der Waals surface area contributed by atoms with E-state index in [1.807, 2.05) is 27.0 Å². The Morgan fingerprint density at radius 3 is 2.64 bits per heavy atom. The number of benzene rings is 1. The lowest BCUT2D eigenvalue weighted by Crippen LogP contribution is -2.38. The standard InChI is InChI=1S/C11H15ClFN/c1-11(2,14-3)7-8-5-4-6-9(13)10(8)12/h4-6,14H,7H2,1-3H3. The summed E-state index contributed by atoms with van der Waals surface area (Å²) in [4.78, 5) is 0. The lowest BCUT2D eigenvalue weighted by Gasteiger charge is -2.24. The summed E-state index contributed by atoms with van der Waals surface area (Å²) in [5.74, 6) is -0.351. The van der Waals surface area contributed by atoms with Crippen LogP contribution in [0.1, 0.15) is 19.4 Å². The first kappa shape index (κ1) is 11.5. The third-order valence-electron chi connectivity index (χ3n) is 2.34. The summed E-state index contributed by atoms with van der Waals surface area (Å²) in [6, 6.07) is 4.91. The van der Waals surface area contributed by atoms with Gasteiger partial charge in [0.2, 0.25) is 0 Å². The molecule has 1 aromatic rings. The van der Waals surface area contributed by atoms with Gasteiger partial charge in [0.15, 0.2) is 0 Å². The van der Waals surface area contributed by atoms with E-state index in [-0.39, 0.29) is 16.4 Å². The molecule has 78 valence electrons. The molecule has 0 spiro atoms. The molecular weight excluding hydrogens is 201 g/mol. The molecule has 0 aliphatic rings. The fourth-order valence-corrected chi connectivity index (χ4v) is 1.44. The third-order valence-corrected chi connectivity index (χ3v) is 2.76. The minimum atomic E-state index is -0.351. The summed E-state index contributed by atoms with van der Waals surface area (Å²) < 4.78 is 13.1. The highest BCUT2D eigenvalue weighted by molar-refractivity contribution is 6.31. The van der Waals surface area contributed by atoms with Crippen LogP contribution in [0.15, 0.2) is 18.2 Å². The maximum atomic E-state index is 13.1. The van der Waals surface area contributed by atoms with E-state index in [1.165, 1.54) is 6.07 Å². The summed E-state index contributed by atoms with van der Waals surface area (Å²) in [5.41, 5.74) is 0.767. The van der Waals surface area contributed by atoms with E-state index in [1.54, 1.807) is 6.07 Å². The van der Waals surface area contributed by atoms with Crippen LogP contribution in [0.2, 0.25) is 5.02 Å². The second-order valence-electron chi connectivity index (χ2n) is 4.02. The molecule has 1 rings (SSSR count). The second kappa shape index (κ2) is 4.28. The Hall–Kier alpha value is -0.600. The fraction of sp³-hybridized carbons (Fsp3) is 0.455. The van der Waals surface area contributed by atoms with Gasteiger partial charge in [0.05, 0.1) is 5.02 Å². The van der Waals surface area contributed by atoms with Gasteiger partial charge in [-0.2, -0.15) is 0 Å². The number of rotatable bonds is 3. The maximum Gasteiger partial charge on any atom is 0.142 e. The van der Waals surface area contributed by atoms with Crippen LogP contribution in [0.3, 0.4) is 0 Å². The SMILES string of the molecule is CNC(C)(C)Cc1cccc(F)c1Cl. The minimum absolute atomic E-state index is 0.0720. The zero-order valence-electron chi connectivity index (χ0n) is 8.70. The van der Waals surface area contributed by atoms with Crippen molar-refractivity contribution in [2.24, 2.45) is 0 Å². The number of likely N-dealkylation sites (N-methyl/N-ethyl adjacent to an activating group) is 1. The fourth-order valence-electron chi connectivity index (χ4n) is 1.25. The van der Waals surface area contributed by atoms with Crippen LogP contribution in [-0.2, 0) is 6.42 Å². The average molecular weight is 216 g/mol. The van der Waals surface area contributed by atoms with Crippen molar-refractivity contribution in [3.8, 4) is 0 Å². The van der Waals surface area contributed by atoms with Gasteiger partial charge < -0.3 is 5.32 Å². The van der Waals surface area contributed by atoms with Crippen molar-refractivity contribution in [2.45, 2.75) is 25.8 Å². The summed E-state index contributed by atoms with van der Waals surface area (Å²) in [6.07, 6.45) is 0.708. The molecule has 3 heteroatoms. The Morgan fingerprint density at radius 2 is 2.07 bits per heavy atom. The highest BCUT2D eigenvalue weighted by atomic mass is 35.5. The van der Waals surface area contributed by atoms with Crippen molar-refractivity contribution in [1.29, 1.82) is 0 Å². The minimum Gasteiger partial charge on any atom is -0.314 e. The molecule has 0 aliphatic heterocycles. The molecule has 0 aliphatic carbocycles. The molecule has 0 unspecified atom stereocenters. The molecule has 0 atom stereocenters. The van der Waals surface area contributed by atoms with Gasteiger partial charge in [-0.3, -0.25) is 0 Å². The molecule has 0 fully saturated rings. The second-order valence-corrected chi connectivity index (χ2v) is 4.40. The zero-order valence-corrected chi connectivity index (χ0v) is 9.45. The molecular formula is C11H15ClFN. The topological polar surface area (TPSA) is 12.0 Å². The molecule has 0 radical (unpaired) electrons. The summed E-state index contributed by atoms with van der Waals surface area (Å²) in [5, 5.41) is 3.39. The lowest BCUT2D eigenvalue weighted by molar-refractivity contribution is 0.421. The third kappa shape index (κ3) is 2.69. The van der Waals surface area contributed by atoms with E-state index in [4.69, 9.17) is 11.6 Å². The van der Waals surface area contributed by atoms with Crippen LogP contribution in [0.5, 0.6) is 0 Å². The molecule has 1 aromatic carbocycles. The van der Waals surface area contributed by atoms with Crippen LogP contribution >= 0.6 is 11.6 Å². The van der Waals surface area contributed by atoms with Crippen LogP contribution in [-0.4, -0.2) is 12.6 Å². The van der Waals surface area contributed by atoms with Gasteiger partial charge in [0.1, 0.15) is 5.82 Å². The van der Waals surface area contributed by atoms with E-state index < -0.39 is 0 Å². The van der Waals surface area contributed by atoms with E-state index in [2.05, 4.69) is 5.32 Å². The molecule has 0 heterocycles. The largest absolute Gasteiger partial charge is 0.314 e. The molecule has 0 amide bonds. The molecule has 0 saturated heterocycles. The van der Waals surface area contributed by atoms with E-state index in [9.17, 15) is 4.39 Å². The van der Waals surface area contributed by atoms with Gasteiger partial charge in [-0.25, -0.2) is 4.39 Å². The Morgan fingerprint density at radius 1 is 1.43 bits per heavy atom. The highest BCUT2D eigenvalue weighted by Crippen LogP contribution is 2.23. The summed E-state index contributed by atoms with van der Waals surface area (Å²) >= 11 is 5.85. The van der Waals surface area contributed by atoms with Gasteiger partial charge in [-0.15, -0.1) is 0 Å². The monoisotopic (exact) mass is 215 g/mol. The Bertz CT molecular complexity index is 323. The van der Waals surface area contributed by atoms with E-state index in [0.29, 0.717) is 6.42 Å². The first-order chi connectivity index (χ1) is 6.46. The van der Waals surface area contributed by atoms with Crippen molar-refractivity contribution in [3.05, 3.63) is 34.6 Å². The van der Waals surface area contributed by atoms with Gasteiger partial charge >= 0.3 is 0 Å². The first-order valence-corrected chi connectivity index (χ1v) is 4.96. The smallest absolute Gasteiger partial charge is 0.142 e. The highest BCUT2D eigenvalue weighted by Gasteiger charge is 2.17. The van der Waals surface area contributed by atoms with Crippen LogP contribution in [0, 0.1) is 5.82 Å². The molecule has 14 heavy (non-hydrogen) atoms. The average Bonchev–Trinajstić information content (AvgIpc) is 2.13. The maximum absolute atomic E-state index is 13.1. The lowest BCUT2D eigenvalue weighted by atomic mass is 9.95. The van der Waals surface area contributed by atoms with Crippen molar-refractivity contribution in [2.75, 3.05) is 7.05 Å². The molecule has 1 N–H and O–H groups in total. The van der Waals surface area contributed by atoms with Crippen molar-refractivity contribution >= 4 is 11.6 Å².